The van der Waals surface area contributed by atoms with Gasteiger partial charge in [0.05, 0.1) is 6.61 Å². The maximum atomic E-state index is 12.6. The van der Waals surface area contributed by atoms with Gasteiger partial charge in [-0.05, 0) is 48.4 Å². The lowest BCUT2D eigenvalue weighted by molar-refractivity contribution is -0.757. The highest BCUT2D eigenvalue weighted by atomic mass is 32.1. The molecule has 2 aromatic rings. The standard InChI is InChI=1S/C18H15N5O7S/c19-17(31)11-3-6-13(7-4-11)29-18(25)14-8-5-12(21-22-20)10-15(14)30-16(24)2-1-9-28-23(26)27/h3-8,10H,1-2,9H2,(H2,19,31). The molecule has 2 N–H and O–H groups in total. The van der Waals surface area contributed by atoms with Crippen LogP contribution in [0.3, 0.4) is 0 Å². The summed E-state index contributed by atoms with van der Waals surface area (Å²) >= 11 is 4.86. The van der Waals surface area contributed by atoms with E-state index in [0.717, 1.165) is 0 Å². The third kappa shape index (κ3) is 7.27. The lowest BCUT2D eigenvalue weighted by Gasteiger charge is -2.11. The monoisotopic (exact) mass is 445 g/mol. The van der Waals surface area contributed by atoms with E-state index in [-0.39, 0.29) is 47.2 Å². The third-order valence-corrected chi connectivity index (χ3v) is 3.88. The number of rotatable bonds is 10. The van der Waals surface area contributed by atoms with Crippen molar-refractivity contribution in [1.29, 1.82) is 0 Å². The van der Waals surface area contributed by atoms with Gasteiger partial charge in [-0.3, -0.25) is 4.79 Å². The van der Waals surface area contributed by atoms with Gasteiger partial charge in [0.15, 0.2) is 0 Å². The maximum Gasteiger partial charge on any atom is 0.347 e. The zero-order valence-corrected chi connectivity index (χ0v) is 16.6. The van der Waals surface area contributed by atoms with Gasteiger partial charge in [-0.1, -0.05) is 23.4 Å². The van der Waals surface area contributed by atoms with Crippen molar-refractivity contribution in [2.24, 2.45) is 10.8 Å². The molecule has 0 aliphatic carbocycles. The number of carbonyl (C=O) groups is 2. The van der Waals surface area contributed by atoms with E-state index < -0.39 is 17.0 Å². The Morgan fingerprint density at radius 1 is 1.19 bits per heavy atom. The van der Waals surface area contributed by atoms with Crippen molar-refractivity contribution < 1.29 is 29.0 Å². The average Bonchev–Trinajstić information content (AvgIpc) is 2.72. The largest absolute Gasteiger partial charge is 0.426 e. The Labute approximate surface area is 180 Å². The molecule has 0 heterocycles. The lowest BCUT2D eigenvalue weighted by atomic mass is 10.1. The second-order valence-electron chi connectivity index (χ2n) is 5.78. The van der Waals surface area contributed by atoms with Gasteiger partial charge in [-0.15, -0.1) is 10.1 Å². The Hall–Kier alpha value is -4.22. The van der Waals surface area contributed by atoms with Gasteiger partial charge >= 0.3 is 11.9 Å². The number of thiocarbonyl (C=S) groups is 1. The van der Waals surface area contributed by atoms with Gasteiger partial charge in [-0.25, -0.2) is 4.79 Å². The van der Waals surface area contributed by atoms with Gasteiger partial charge in [0.2, 0.25) is 0 Å². The highest BCUT2D eigenvalue weighted by Crippen LogP contribution is 2.27. The summed E-state index contributed by atoms with van der Waals surface area (Å²) in [7, 11) is 0. The van der Waals surface area contributed by atoms with Crippen LogP contribution in [0.15, 0.2) is 47.6 Å². The molecule has 0 bridgehead atoms. The summed E-state index contributed by atoms with van der Waals surface area (Å²) in [6.45, 7) is -0.294. The molecule has 0 spiro atoms. The summed E-state index contributed by atoms with van der Waals surface area (Å²) in [5.41, 5.74) is 14.7. The normalized spacial score (nSPS) is 9.81. The van der Waals surface area contributed by atoms with Gasteiger partial charge in [0, 0.05) is 22.6 Å². The van der Waals surface area contributed by atoms with Crippen LogP contribution in [0.5, 0.6) is 11.5 Å². The first kappa shape index (κ1) is 23.1. The zero-order chi connectivity index (χ0) is 22.8. The molecule has 0 aliphatic rings. The molecular formula is C18H15N5O7S. The molecule has 0 radical (unpaired) electrons. The smallest absolute Gasteiger partial charge is 0.347 e. The Morgan fingerprint density at radius 3 is 2.52 bits per heavy atom. The number of benzene rings is 2. The fourth-order valence-electron chi connectivity index (χ4n) is 2.26. The van der Waals surface area contributed by atoms with Crippen LogP contribution in [0.1, 0.15) is 28.8 Å². The summed E-state index contributed by atoms with van der Waals surface area (Å²) < 4.78 is 10.4. The van der Waals surface area contributed by atoms with Crippen LogP contribution in [-0.2, 0) is 9.63 Å². The van der Waals surface area contributed by atoms with Crippen molar-refractivity contribution >= 4 is 34.8 Å². The summed E-state index contributed by atoms with van der Waals surface area (Å²) in [5.74, 6) is -1.62. The van der Waals surface area contributed by atoms with Crippen LogP contribution in [0.2, 0.25) is 0 Å². The van der Waals surface area contributed by atoms with Crippen molar-refractivity contribution in [2.75, 3.05) is 6.61 Å². The minimum Gasteiger partial charge on any atom is -0.426 e. The van der Waals surface area contributed by atoms with Crippen molar-refractivity contribution in [3.63, 3.8) is 0 Å². The summed E-state index contributed by atoms with van der Waals surface area (Å²) in [4.78, 5) is 41.7. The molecule has 13 heteroatoms. The number of hydrogen-bond acceptors (Lipinski definition) is 9. The topological polar surface area (TPSA) is 180 Å². The van der Waals surface area contributed by atoms with E-state index in [2.05, 4.69) is 14.9 Å². The van der Waals surface area contributed by atoms with Crippen molar-refractivity contribution in [1.82, 2.24) is 0 Å². The molecule has 0 fully saturated rings. The fourth-order valence-corrected chi connectivity index (χ4v) is 2.39. The SMILES string of the molecule is [N-]=[N+]=Nc1ccc(C(=O)Oc2ccc(C(N)=S)cc2)c(OC(=O)CCCO[N+](=O)[O-])c1. The first-order chi connectivity index (χ1) is 14.8. The minimum atomic E-state index is -0.976. The molecule has 12 nitrogen and oxygen atoms in total. The molecule has 0 saturated carbocycles. The van der Waals surface area contributed by atoms with Crippen molar-refractivity contribution in [3.05, 3.63) is 74.1 Å². The van der Waals surface area contributed by atoms with Gasteiger partial charge in [-0.2, -0.15) is 0 Å². The van der Waals surface area contributed by atoms with E-state index in [1.807, 2.05) is 0 Å². The zero-order valence-electron chi connectivity index (χ0n) is 15.8. The number of hydrogen-bond donors (Lipinski definition) is 1. The van der Waals surface area contributed by atoms with Gasteiger partial charge in [0.25, 0.3) is 5.09 Å². The van der Waals surface area contributed by atoms with Crippen LogP contribution < -0.4 is 15.2 Å². The number of nitrogens with zero attached hydrogens (tertiary/aromatic N) is 4. The molecule has 0 atom stereocenters. The first-order valence-corrected chi connectivity index (χ1v) is 9.00. The molecule has 0 saturated heterocycles. The molecule has 0 aromatic heterocycles. The Bertz CT molecular complexity index is 1050. The molecule has 2 rings (SSSR count). The quantitative estimate of drug-likeness (QED) is 0.0660. The third-order valence-electron chi connectivity index (χ3n) is 3.64. The number of esters is 2. The highest BCUT2D eigenvalue weighted by Gasteiger charge is 2.18. The fraction of sp³-hybridized carbons (Fsp3) is 0.167. The Balaban J connectivity index is 2.16. The molecule has 31 heavy (non-hydrogen) atoms. The van der Waals surface area contributed by atoms with Crippen LogP contribution in [0.25, 0.3) is 10.4 Å². The predicted octanol–water partition coefficient (Wildman–Crippen LogP) is 3.38. The van der Waals surface area contributed by atoms with E-state index in [1.165, 1.54) is 30.3 Å². The maximum absolute atomic E-state index is 12.6. The number of azide groups is 1. The number of carbonyl (C=O) groups excluding carboxylic acids is 2. The van der Waals surface area contributed by atoms with E-state index >= 15 is 0 Å². The number of ether oxygens (including phenoxy) is 2. The average molecular weight is 445 g/mol. The van der Waals surface area contributed by atoms with E-state index in [0.29, 0.717) is 5.56 Å². The first-order valence-electron chi connectivity index (χ1n) is 8.59. The summed E-state index contributed by atoms with van der Waals surface area (Å²) in [6.07, 6.45) is -0.195. The van der Waals surface area contributed by atoms with Crippen LogP contribution >= 0.6 is 12.2 Å². The molecule has 0 aliphatic heterocycles. The minimum absolute atomic E-state index is 0.0188. The molecule has 0 amide bonds. The predicted molar refractivity (Wildman–Crippen MR) is 110 cm³/mol. The Morgan fingerprint density at radius 2 is 1.90 bits per heavy atom. The van der Waals surface area contributed by atoms with E-state index in [4.69, 9.17) is 33.0 Å². The lowest BCUT2D eigenvalue weighted by Crippen LogP contribution is -2.15. The van der Waals surface area contributed by atoms with E-state index in [1.54, 1.807) is 12.1 Å². The molecule has 0 unspecified atom stereocenters. The second kappa shape index (κ2) is 11.1. The Kier molecular flexibility index (Phi) is 8.25. The molecular weight excluding hydrogens is 430 g/mol. The van der Waals surface area contributed by atoms with E-state index in [9.17, 15) is 19.7 Å². The summed E-state index contributed by atoms with van der Waals surface area (Å²) in [5, 5.41) is 12.5. The van der Waals surface area contributed by atoms with Gasteiger partial charge in [0.1, 0.15) is 22.1 Å². The van der Waals surface area contributed by atoms with Crippen LogP contribution in [0.4, 0.5) is 5.69 Å². The summed E-state index contributed by atoms with van der Waals surface area (Å²) in [6, 6.07) is 9.93. The molecule has 2 aromatic carbocycles. The molecule has 160 valence electrons. The second-order valence-corrected chi connectivity index (χ2v) is 6.22. The van der Waals surface area contributed by atoms with Crippen molar-refractivity contribution in [3.8, 4) is 11.5 Å². The van der Waals surface area contributed by atoms with Crippen molar-refractivity contribution in [2.45, 2.75) is 12.8 Å². The highest BCUT2D eigenvalue weighted by molar-refractivity contribution is 7.80. The van der Waals surface area contributed by atoms with Crippen LogP contribution in [0, 0.1) is 10.1 Å². The van der Waals surface area contributed by atoms with Crippen LogP contribution in [-0.4, -0.2) is 28.6 Å². The number of nitrogens with two attached hydrogens (primary N) is 1. The van der Waals surface area contributed by atoms with Gasteiger partial charge < -0.3 is 20.0 Å².